The van der Waals surface area contributed by atoms with Crippen molar-refractivity contribution in [3.63, 3.8) is 0 Å². The van der Waals surface area contributed by atoms with Crippen molar-refractivity contribution in [3.8, 4) is 0 Å². The summed E-state index contributed by atoms with van der Waals surface area (Å²) in [5.41, 5.74) is -3.66. The molecule has 3 N–H and O–H groups in total. The highest BCUT2D eigenvalue weighted by Gasteiger charge is 2.66. The Labute approximate surface area is 117 Å². The number of hydrogen-bond acceptors (Lipinski definition) is 4. The molecule has 0 aliphatic carbocycles. The number of aryl methyl sites for hydroxylation is 1. The molecule has 0 radical (unpaired) electrons. The summed E-state index contributed by atoms with van der Waals surface area (Å²) >= 11 is 0. The molecular weight excluding hydrogens is 293 g/mol. The van der Waals surface area contributed by atoms with E-state index in [-0.39, 0.29) is 5.76 Å². The first-order valence-corrected chi connectivity index (χ1v) is 6.01. The molecule has 6 nitrogen and oxygen atoms in total. The van der Waals surface area contributed by atoms with E-state index in [4.69, 9.17) is 4.42 Å². The molecule has 1 aromatic rings. The number of aliphatic hydroxyl groups is 1. The minimum Gasteiger partial charge on any atom is -0.464 e. The Balaban J connectivity index is 2.53. The Kier molecular flexibility index (Phi) is 3.48. The summed E-state index contributed by atoms with van der Waals surface area (Å²) in [4.78, 5) is 23.1. The Morgan fingerprint density at radius 1 is 1.43 bits per heavy atom. The number of Topliss-reactive ketones (excluding diaryl/α,β-unsaturated/α-hetero) is 1. The first-order chi connectivity index (χ1) is 9.56. The van der Waals surface area contributed by atoms with Crippen molar-refractivity contribution in [1.29, 1.82) is 0 Å². The number of urea groups is 1. The van der Waals surface area contributed by atoms with Crippen molar-refractivity contribution in [3.05, 3.63) is 23.7 Å². The van der Waals surface area contributed by atoms with Crippen LogP contribution in [0, 0.1) is 12.8 Å². The number of furan rings is 1. The van der Waals surface area contributed by atoms with Crippen LogP contribution in [0.4, 0.5) is 18.0 Å². The van der Waals surface area contributed by atoms with Crippen molar-refractivity contribution in [2.75, 3.05) is 0 Å². The van der Waals surface area contributed by atoms with Crippen LogP contribution in [0.25, 0.3) is 0 Å². The van der Waals surface area contributed by atoms with E-state index in [2.05, 4.69) is 5.32 Å². The smallest absolute Gasteiger partial charge is 0.437 e. The van der Waals surface area contributed by atoms with Crippen molar-refractivity contribution in [2.45, 2.75) is 31.8 Å². The highest BCUT2D eigenvalue weighted by Crippen LogP contribution is 2.42. The zero-order valence-electron chi connectivity index (χ0n) is 11.1. The fourth-order valence-corrected chi connectivity index (χ4v) is 2.38. The molecule has 0 saturated carbocycles. The maximum atomic E-state index is 13.1. The van der Waals surface area contributed by atoms with E-state index in [0.29, 0.717) is 5.76 Å². The van der Waals surface area contributed by atoms with Crippen molar-refractivity contribution in [1.82, 2.24) is 10.6 Å². The summed E-state index contributed by atoms with van der Waals surface area (Å²) in [7, 11) is 0. The normalized spacial score (nSPS) is 29.7. The predicted molar refractivity (Wildman–Crippen MR) is 63.0 cm³/mol. The van der Waals surface area contributed by atoms with Gasteiger partial charge in [0.05, 0.1) is 0 Å². The van der Waals surface area contributed by atoms with Crippen LogP contribution >= 0.6 is 0 Å². The zero-order valence-corrected chi connectivity index (χ0v) is 11.1. The van der Waals surface area contributed by atoms with Crippen LogP contribution in [0.3, 0.4) is 0 Å². The molecule has 1 aromatic heterocycles. The Morgan fingerprint density at radius 3 is 2.48 bits per heavy atom. The molecule has 1 fully saturated rings. The molecule has 9 heteroatoms. The summed E-state index contributed by atoms with van der Waals surface area (Å²) in [5, 5.41) is 13.5. The molecule has 2 heterocycles. The largest absolute Gasteiger partial charge is 0.464 e. The minimum atomic E-state index is -5.22. The Morgan fingerprint density at radius 2 is 2.05 bits per heavy atom. The number of halogens is 3. The predicted octanol–water partition coefficient (Wildman–Crippen LogP) is 1.40. The van der Waals surface area contributed by atoms with E-state index >= 15 is 0 Å². The second-order valence-electron chi connectivity index (χ2n) is 4.88. The summed E-state index contributed by atoms with van der Waals surface area (Å²) < 4.78 is 44.6. The molecule has 2 amide bonds. The first kappa shape index (κ1) is 15.4. The van der Waals surface area contributed by atoms with Gasteiger partial charge in [-0.15, -0.1) is 0 Å². The SMILES string of the molecule is CC(=O)[C@H]1[C@@H](c2ccc(C)o2)NC(=O)N[C@@]1(O)C(F)(F)F. The van der Waals surface area contributed by atoms with Gasteiger partial charge in [-0.05, 0) is 26.0 Å². The minimum absolute atomic E-state index is 0.0368. The van der Waals surface area contributed by atoms with Crippen molar-refractivity contribution < 1.29 is 32.3 Å². The van der Waals surface area contributed by atoms with Crippen LogP contribution in [-0.4, -0.2) is 28.8 Å². The van der Waals surface area contributed by atoms with Gasteiger partial charge in [0.2, 0.25) is 5.72 Å². The summed E-state index contributed by atoms with van der Waals surface area (Å²) in [5.74, 6) is -2.55. The molecular formula is C12H13F3N2O4. The fourth-order valence-electron chi connectivity index (χ4n) is 2.38. The van der Waals surface area contributed by atoms with Gasteiger partial charge in [0, 0.05) is 0 Å². The van der Waals surface area contributed by atoms with Gasteiger partial charge >= 0.3 is 12.2 Å². The number of rotatable bonds is 2. The van der Waals surface area contributed by atoms with Gasteiger partial charge in [-0.2, -0.15) is 13.2 Å². The maximum Gasteiger partial charge on any atom is 0.437 e. The number of amides is 2. The number of alkyl halides is 3. The fraction of sp³-hybridized carbons (Fsp3) is 0.500. The van der Waals surface area contributed by atoms with Gasteiger partial charge in [0.15, 0.2) is 0 Å². The lowest BCUT2D eigenvalue weighted by molar-refractivity contribution is -0.290. The Hall–Kier alpha value is -2.03. The third-order valence-corrected chi connectivity index (χ3v) is 3.31. The zero-order chi connectivity index (χ0) is 16.0. The number of ketones is 1. The highest BCUT2D eigenvalue weighted by molar-refractivity contribution is 5.85. The molecule has 1 aliphatic heterocycles. The second kappa shape index (κ2) is 4.76. The van der Waals surface area contributed by atoms with Crippen LogP contribution in [0.5, 0.6) is 0 Å². The lowest BCUT2D eigenvalue weighted by atomic mass is 9.81. The lowest BCUT2D eigenvalue weighted by Gasteiger charge is -2.43. The maximum absolute atomic E-state index is 13.1. The van der Waals surface area contributed by atoms with E-state index in [1.54, 1.807) is 6.92 Å². The number of carbonyl (C=O) groups is 2. The standard InChI is InChI=1S/C12H13F3N2O4/c1-5-3-4-7(21-5)9-8(6(2)18)11(20,12(13,14)15)17-10(19)16-9/h3-4,8-9,20H,1-2H3,(H2,16,17,19)/t8-,9+,11-/m0/s1. The molecule has 1 aliphatic rings. The van der Waals surface area contributed by atoms with Crippen molar-refractivity contribution in [2.24, 2.45) is 5.92 Å². The van der Waals surface area contributed by atoms with E-state index in [1.807, 2.05) is 0 Å². The molecule has 21 heavy (non-hydrogen) atoms. The number of nitrogens with one attached hydrogen (secondary N) is 2. The molecule has 3 atom stereocenters. The molecule has 0 bridgehead atoms. The lowest BCUT2D eigenvalue weighted by Crippen LogP contribution is -2.72. The monoisotopic (exact) mass is 306 g/mol. The average molecular weight is 306 g/mol. The third kappa shape index (κ3) is 2.48. The molecule has 1 saturated heterocycles. The molecule has 0 unspecified atom stereocenters. The Bertz CT molecular complexity index is 583. The summed E-state index contributed by atoms with van der Waals surface area (Å²) in [6.07, 6.45) is -5.22. The van der Waals surface area contributed by atoms with Gasteiger partial charge in [-0.1, -0.05) is 0 Å². The quantitative estimate of drug-likeness (QED) is 0.770. The summed E-state index contributed by atoms with van der Waals surface area (Å²) in [6.45, 7) is 2.47. The van der Waals surface area contributed by atoms with Crippen LogP contribution in [-0.2, 0) is 4.79 Å². The van der Waals surface area contributed by atoms with Crippen LogP contribution in [0.1, 0.15) is 24.5 Å². The van der Waals surface area contributed by atoms with Gasteiger partial charge < -0.3 is 20.2 Å². The number of hydrogen-bond donors (Lipinski definition) is 3. The van der Waals surface area contributed by atoms with E-state index < -0.39 is 35.7 Å². The second-order valence-corrected chi connectivity index (χ2v) is 4.88. The third-order valence-electron chi connectivity index (χ3n) is 3.31. The van der Waals surface area contributed by atoms with Crippen LogP contribution < -0.4 is 10.6 Å². The van der Waals surface area contributed by atoms with E-state index in [1.165, 1.54) is 17.4 Å². The van der Waals surface area contributed by atoms with Gasteiger partial charge in [0.1, 0.15) is 29.3 Å². The van der Waals surface area contributed by atoms with E-state index in [0.717, 1.165) is 6.92 Å². The molecule has 2 rings (SSSR count). The first-order valence-electron chi connectivity index (χ1n) is 6.01. The summed E-state index contributed by atoms with van der Waals surface area (Å²) in [6, 6.07) is 0.161. The van der Waals surface area contributed by atoms with Crippen LogP contribution in [0.2, 0.25) is 0 Å². The molecule has 0 spiro atoms. The van der Waals surface area contributed by atoms with E-state index in [9.17, 15) is 27.9 Å². The van der Waals surface area contributed by atoms with Crippen LogP contribution in [0.15, 0.2) is 16.5 Å². The molecule has 0 aromatic carbocycles. The molecule has 116 valence electrons. The van der Waals surface area contributed by atoms with Gasteiger partial charge in [-0.3, -0.25) is 4.79 Å². The average Bonchev–Trinajstić information content (AvgIpc) is 2.72. The van der Waals surface area contributed by atoms with Crippen molar-refractivity contribution >= 4 is 11.8 Å². The topological polar surface area (TPSA) is 91.6 Å². The number of carbonyl (C=O) groups excluding carboxylic acids is 2. The van der Waals surface area contributed by atoms with Gasteiger partial charge in [0.25, 0.3) is 0 Å². The van der Waals surface area contributed by atoms with Gasteiger partial charge in [-0.25, -0.2) is 4.79 Å². The highest BCUT2D eigenvalue weighted by atomic mass is 19.4.